The molecule has 1 saturated heterocycles. The summed E-state index contributed by atoms with van der Waals surface area (Å²) in [5, 5.41) is 0. The fourth-order valence-corrected chi connectivity index (χ4v) is 3.11. The molecule has 0 aliphatic carbocycles. The first kappa shape index (κ1) is 12.8. The number of anilines is 2. The molecule has 4 heteroatoms. The van der Waals surface area contributed by atoms with Crippen molar-refractivity contribution in [1.29, 1.82) is 0 Å². The summed E-state index contributed by atoms with van der Waals surface area (Å²) >= 11 is 0. The second-order valence-electron chi connectivity index (χ2n) is 5.69. The Morgan fingerprint density at radius 1 is 1.37 bits per heavy atom. The third-order valence-electron chi connectivity index (χ3n) is 4.08. The quantitative estimate of drug-likeness (QED) is 0.816. The van der Waals surface area contributed by atoms with Gasteiger partial charge < -0.3 is 20.3 Å². The fraction of sp³-hybridized carbons (Fsp3) is 0.600. The van der Waals surface area contributed by atoms with E-state index in [0.29, 0.717) is 6.10 Å². The van der Waals surface area contributed by atoms with Gasteiger partial charge in [-0.15, -0.1) is 0 Å². The highest BCUT2D eigenvalue weighted by molar-refractivity contribution is 5.61. The average molecular weight is 261 g/mol. The van der Waals surface area contributed by atoms with Crippen LogP contribution >= 0.6 is 0 Å². The van der Waals surface area contributed by atoms with Gasteiger partial charge in [0.2, 0.25) is 0 Å². The van der Waals surface area contributed by atoms with Crippen molar-refractivity contribution >= 4 is 11.4 Å². The molecule has 1 aromatic carbocycles. The first-order valence-electron chi connectivity index (χ1n) is 7.16. The minimum Gasteiger partial charge on any atom is -0.399 e. The van der Waals surface area contributed by atoms with Crippen molar-refractivity contribution in [3.63, 3.8) is 0 Å². The van der Waals surface area contributed by atoms with Crippen LogP contribution in [0.1, 0.15) is 12.0 Å². The molecule has 0 saturated carbocycles. The maximum atomic E-state index is 5.88. The third kappa shape index (κ3) is 2.85. The van der Waals surface area contributed by atoms with Gasteiger partial charge in [0.1, 0.15) is 0 Å². The van der Waals surface area contributed by atoms with Gasteiger partial charge in [-0.25, -0.2) is 0 Å². The number of morpholine rings is 1. The summed E-state index contributed by atoms with van der Waals surface area (Å²) in [4.78, 5) is 4.81. The van der Waals surface area contributed by atoms with Crippen molar-refractivity contribution in [2.75, 3.05) is 50.5 Å². The molecule has 2 N–H and O–H groups in total. The topological polar surface area (TPSA) is 41.7 Å². The number of aryl methyl sites for hydroxylation is 1. The van der Waals surface area contributed by atoms with Crippen LogP contribution in [0.25, 0.3) is 0 Å². The number of rotatable bonds is 2. The molecule has 1 atom stereocenters. The van der Waals surface area contributed by atoms with Gasteiger partial charge in [0.25, 0.3) is 0 Å². The lowest BCUT2D eigenvalue weighted by atomic mass is 10.0. The highest BCUT2D eigenvalue weighted by Gasteiger charge is 2.23. The van der Waals surface area contributed by atoms with Gasteiger partial charge in [0.05, 0.1) is 12.7 Å². The Kier molecular flexibility index (Phi) is 3.62. The van der Waals surface area contributed by atoms with Crippen LogP contribution in [0.5, 0.6) is 0 Å². The molecule has 0 spiro atoms. The number of hydrogen-bond acceptors (Lipinski definition) is 4. The summed E-state index contributed by atoms with van der Waals surface area (Å²) in [6, 6.07) is 6.29. The van der Waals surface area contributed by atoms with Crippen molar-refractivity contribution < 1.29 is 4.74 Å². The van der Waals surface area contributed by atoms with Gasteiger partial charge in [-0.3, -0.25) is 0 Å². The van der Waals surface area contributed by atoms with E-state index < -0.39 is 0 Å². The van der Waals surface area contributed by atoms with Crippen molar-refractivity contribution in [2.24, 2.45) is 0 Å². The zero-order valence-corrected chi connectivity index (χ0v) is 11.6. The van der Waals surface area contributed by atoms with Gasteiger partial charge in [0.15, 0.2) is 0 Å². The molecule has 2 aliphatic heterocycles. The van der Waals surface area contributed by atoms with Gasteiger partial charge >= 0.3 is 0 Å². The van der Waals surface area contributed by atoms with Crippen molar-refractivity contribution in [2.45, 2.75) is 18.9 Å². The third-order valence-corrected chi connectivity index (χ3v) is 4.08. The largest absolute Gasteiger partial charge is 0.399 e. The molecule has 19 heavy (non-hydrogen) atoms. The number of ether oxygens (including phenoxy) is 1. The minimum absolute atomic E-state index is 0.322. The number of nitrogens with zero attached hydrogens (tertiary/aromatic N) is 2. The molecule has 1 aromatic rings. The number of benzene rings is 1. The Hall–Kier alpha value is -1.26. The summed E-state index contributed by atoms with van der Waals surface area (Å²) in [6.45, 7) is 5.04. The smallest absolute Gasteiger partial charge is 0.0876 e. The molecule has 0 radical (unpaired) electrons. The number of nitrogen functional groups attached to an aromatic ring is 1. The zero-order chi connectivity index (χ0) is 13.2. The number of fused-ring (bicyclic) bond motifs is 1. The first-order valence-corrected chi connectivity index (χ1v) is 7.16. The van der Waals surface area contributed by atoms with E-state index in [1.54, 1.807) is 0 Å². The molecule has 0 amide bonds. The highest BCUT2D eigenvalue weighted by Crippen LogP contribution is 2.29. The Bertz CT molecular complexity index is 449. The lowest BCUT2D eigenvalue weighted by molar-refractivity contribution is -0.0148. The molecule has 1 unspecified atom stereocenters. The molecular formula is C15H23N3O. The predicted molar refractivity (Wildman–Crippen MR) is 78.6 cm³/mol. The first-order chi connectivity index (χ1) is 9.22. The van der Waals surface area contributed by atoms with Crippen LogP contribution in [0.15, 0.2) is 18.2 Å². The zero-order valence-electron chi connectivity index (χ0n) is 11.6. The van der Waals surface area contributed by atoms with Crippen LogP contribution in [-0.2, 0) is 11.2 Å². The van der Waals surface area contributed by atoms with E-state index in [0.717, 1.165) is 44.9 Å². The number of nitrogens with two attached hydrogens (primary N) is 1. The molecule has 0 aromatic heterocycles. The summed E-state index contributed by atoms with van der Waals surface area (Å²) < 4.78 is 5.88. The Balaban J connectivity index is 1.72. The number of hydrogen-bond donors (Lipinski definition) is 1. The van der Waals surface area contributed by atoms with E-state index in [2.05, 4.69) is 29.0 Å². The van der Waals surface area contributed by atoms with E-state index in [1.165, 1.54) is 17.7 Å². The maximum absolute atomic E-state index is 5.88. The second-order valence-corrected chi connectivity index (χ2v) is 5.69. The van der Waals surface area contributed by atoms with Crippen LogP contribution in [0.3, 0.4) is 0 Å². The molecule has 4 nitrogen and oxygen atoms in total. The predicted octanol–water partition coefficient (Wildman–Crippen LogP) is 1.35. The molecule has 1 fully saturated rings. The summed E-state index contributed by atoms with van der Waals surface area (Å²) in [5.74, 6) is 0. The highest BCUT2D eigenvalue weighted by atomic mass is 16.5. The molecule has 0 bridgehead atoms. The molecular weight excluding hydrogens is 238 g/mol. The fourth-order valence-electron chi connectivity index (χ4n) is 3.11. The van der Waals surface area contributed by atoms with Crippen molar-refractivity contribution in [3.8, 4) is 0 Å². The Morgan fingerprint density at radius 3 is 3.11 bits per heavy atom. The van der Waals surface area contributed by atoms with Crippen LogP contribution in [0.4, 0.5) is 11.4 Å². The lowest BCUT2D eigenvalue weighted by Crippen LogP contribution is -2.47. The average Bonchev–Trinajstić information content (AvgIpc) is 2.38. The van der Waals surface area contributed by atoms with Crippen LogP contribution in [0, 0.1) is 0 Å². The van der Waals surface area contributed by atoms with E-state index in [9.17, 15) is 0 Å². The molecule has 2 heterocycles. The monoisotopic (exact) mass is 261 g/mol. The normalized spacial score (nSPS) is 24.3. The summed E-state index contributed by atoms with van der Waals surface area (Å²) in [7, 11) is 2.17. The van der Waals surface area contributed by atoms with E-state index in [4.69, 9.17) is 10.5 Å². The molecule has 104 valence electrons. The van der Waals surface area contributed by atoms with Crippen LogP contribution in [-0.4, -0.2) is 50.8 Å². The Morgan fingerprint density at radius 2 is 2.26 bits per heavy atom. The van der Waals surface area contributed by atoms with Gasteiger partial charge in [-0.2, -0.15) is 0 Å². The SMILES string of the molecule is CN1CCOC(CN2CCCc3cc(N)ccc32)C1. The maximum Gasteiger partial charge on any atom is 0.0876 e. The van der Waals surface area contributed by atoms with Crippen LogP contribution < -0.4 is 10.6 Å². The van der Waals surface area contributed by atoms with Gasteiger partial charge in [-0.05, 0) is 43.7 Å². The van der Waals surface area contributed by atoms with E-state index in [-0.39, 0.29) is 0 Å². The number of likely N-dealkylation sites (N-methyl/N-ethyl adjacent to an activating group) is 1. The minimum atomic E-state index is 0.322. The van der Waals surface area contributed by atoms with Gasteiger partial charge in [0, 0.05) is 37.6 Å². The molecule has 2 aliphatic rings. The Labute approximate surface area is 115 Å². The van der Waals surface area contributed by atoms with Gasteiger partial charge in [-0.1, -0.05) is 0 Å². The standard InChI is InChI=1S/C15H23N3O/c1-17-7-8-19-14(10-17)11-18-6-2-3-12-9-13(16)4-5-15(12)18/h4-5,9,14H,2-3,6-8,10-11,16H2,1H3. The summed E-state index contributed by atoms with van der Waals surface area (Å²) in [5.41, 5.74) is 9.48. The van der Waals surface area contributed by atoms with Crippen molar-refractivity contribution in [3.05, 3.63) is 23.8 Å². The molecule has 3 rings (SSSR count). The van der Waals surface area contributed by atoms with Crippen molar-refractivity contribution in [1.82, 2.24) is 4.90 Å². The van der Waals surface area contributed by atoms with Crippen LogP contribution in [0.2, 0.25) is 0 Å². The second kappa shape index (κ2) is 5.39. The van der Waals surface area contributed by atoms with E-state index >= 15 is 0 Å². The summed E-state index contributed by atoms with van der Waals surface area (Å²) in [6.07, 6.45) is 2.67. The lowest BCUT2D eigenvalue weighted by Gasteiger charge is -2.37. The van der Waals surface area contributed by atoms with E-state index in [1.807, 2.05) is 6.07 Å².